The van der Waals surface area contributed by atoms with Gasteiger partial charge in [-0.3, -0.25) is 0 Å². The fourth-order valence-corrected chi connectivity index (χ4v) is 4.16. The number of hydrogen-bond donors (Lipinski definition) is 1. The lowest BCUT2D eigenvalue weighted by atomic mass is 9.99. The third-order valence-corrected chi connectivity index (χ3v) is 5.79. The Hall–Kier alpha value is -4.47. The molecule has 0 fully saturated rings. The fourth-order valence-electron chi connectivity index (χ4n) is 4.16. The predicted molar refractivity (Wildman–Crippen MR) is 130 cm³/mol. The largest absolute Gasteiger partial charge is 0.433 e. The number of nitrogens with zero attached hydrogens (tertiary/aromatic N) is 5. The Balaban J connectivity index is 1.77. The Labute approximate surface area is 203 Å². The minimum atomic E-state index is -4.65. The molecular formula is C26H21F3N6O. The molecule has 0 atom stereocenters. The summed E-state index contributed by atoms with van der Waals surface area (Å²) in [4.78, 5) is 21.3. The Morgan fingerprint density at radius 1 is 0.917 bits per heavy atom. The van der Waals surface area contributed by atoms with Crippen molar-refractivity contribution < 1.29 is 13.2 Å². The van der Waals surface area contributed by atoms with Crippen LogP contribution in [0.15, 0.2) is 77.6 Å². The average Bonchev–Trinajstić information content (AvgIpc) is 3.19. The molecule has 0 saturated heterocycles. The minimum Gasteiger partial charge on any atom is -0.369 e. The zero-order valence-electron chi connectivity index (χ0n) is 19.2. The van der Waals surface area contributed by atoms with Crippen LogP contribution in [-0.2, 0) is 19.1 Å². The molecule has 3 heterocycles. The molecule has 10 heteroatoms. The van der Waals surface area contributed by atoms with E-state index in [1.54, 1.807) is 24.3 Å². The topological polar surface area (TPSA) is 91.1 Å². The van der Waals surface area contributed by atoms with Crippen molar-refractivity contribution in [2.75, 3.05) is 5.73 Å². The van der Waals surface area contributed by atoms with Gasteiger partial charge < -0.3 is 5.73 Å². The summed E-state index contributed by atoms with van der Waals surface area (Å²) in [6.07, 6.45) is -4.12. The van der Waals surface area contributed by atoms with E-state index in [1.807, 2.05) is 36.4 Å². The molecule has 7 nitrogen and oxygen atoms in total. The first-order valence-corrected chi connectivity index (χ1v) is 11.2. The van der Waals surface area contributed by atoms with Gasteiger partial charge in [0, 0.05) is 11.3 Å². The van der Waals surface area contributed by atoms with Gasteiger partial charge in [-0.2, -0.15) is 13.2 Å². The van der Waals surface area contributed by atoms with E-state index in [-0.39, 0.29) is 35.0 Å². The van der Waals surface area contributed by atoms with Gasteiger partial charge in [-0.1, -0.05) is 60.7 Å². The highest BCUT2D eigenvalue weighted by atomic mass is 19.4. The average molecular weight is 490 g/mol. The molecule has 0 aliphatic heterocycles. The number of anilines is 1. The zero-order chi connectivity index (χ0) is 25.4. The van der Waals surface area contributed by atoms with Crippen molar-refractivity contribution in [2.45, 2.75) is 26.1 Å². The third-order valence-electron chi connectivity index (χ3n) is 5.79. The van der Waals surface area contributed by atoms with Crippen LogP contribution < -0.4 is 11.4 Å². The molecule has 182 valence electrons. The van der Waals surface area contributed by atoms with Gasteiger partial charge in [0.2, 0.25) is 5.95 Å². The van der Waals surface area contributed by atoms with Crippen LogP contribution in [-0.4, -0.2) is 24.1 Å². The number of pyridine rings is 1. The van der Waals surface area contributed by atoms with Crippen molar-refractivity contribution >= 4 is 11.6 Å². The Morgan fingerprint density at radius 3 is 2.25 bits per heavy atom. The summed E-state index contributed by atoms with van der Waals surface area (Å²) in [5, 5.41) is 4.52. The molecule has 2 aromatic carbocycles. The van der Waals surface area contributed by atoms with Crippen LogP contribution in [0.1, 0.15) is 17.0 Å². The van der Waals surface area contributed by atoms with E-state index in [9.17, 15) is 18.0 Å². The molecule has 0 radical (unpaired) electrons. The number of halogens is 3. The van der Waals surface area contributed by atoms with Gasteiger partial charge in [-0.25, -0.2) is 23.8 Å². The molecule has 0 bridgehead atoms. The highest BCUT2D eigenvalue weighted by Crippen LogP contribution is 2.37. The zero-order valence-corrected chi connectivity index (χ0v) is 19.2. The summed E-state index contributed by atoms with van der Waals surface area (Å²) in [5.74, 6) is -0.106. The quantitative estimate of drug-likeness (QED) is 0.383. The van der Waals surface area contributed by atoms with Crippen molar-refractivity contribution in [3.05, 3.63) is 100 Å². The van der Waals surface area contributed by atoms with E-state index in [0.29, 0.717) is 17.7 Å². The van der Waals surface area contributed by atoms with Crippen LogP contribution in [0.4, 0.5) is 19.1 Å². The highest BCUT2D eigenvalue weighted by molar-refractivity contribution is 5.90. The Bertz CT molecular complexity index is 1610. The van der Waals surface area contributed by atoms with Crippen molar-refractivity contribution in [3.8, 4) is 22.4 Å². The van der Waals surface area contributed by atoms with Crippen molar-refractivity contribution in [3.63, 3.8) is 0 Å². The number of hydrogen-bond acceptors (Lipinski definition) is 5. The molecule has 2 N–H and O–H groups in total. The number of rotatable bonds is 5. The maximum atomic E-state index is 13.6. The van der Waals surface area contributed by atoms with Gasteiger partial charge in [0.15, 0.2) is 5.65 Å². The van der Waals surface area contributed by atoms with E-state index in [2.05, 4.69) is 15.1 Å². The first-order chi connectivity index (χ1) is 17.2. The van der Waals surface area contributed by atoms with Crippen LogP contribution in [0.5, 0.6) is 0 Å². The van der Waals surface area contributed by atoms with E-state index in [4.69, 9.17) is 5.73 Å². The van der Waals surface area contributed by atoms with Crippen molar-refractivity contribution in [2.24, 2.45) is 0 Å². The van der Waals surface area contributed by atoms with Crippen LogP contribution >= 0.6 is 0 Å². The SMILES string of the molecule is Cc1cc(-c2c(-c3ccccc3)nc(N)n3c(=O)n(CCc4ccccc4)nc23)cc(C(F)(F)F)n1. The predicted octanol–water partition coefficient (Wildman–Crippen LogP) is 4.77. The first kappa shape index (κ1) is 23.3. The second kappa shape index (κ2) is 8.95. The standard InChI is InChI=1S/C26H21F3N6O/c1-16-14-19(15-20(31-16)26(27,28)29)21-22(18-10-6-3-7-11-18)32-24(30)35-23(21)33-34(25(35)36)13-12-17-8-4-2-5-9-17/h2-11,14-15H,12-13H2,1H3,(H2,30,32). The summed E-state index contributed by atoms with van der Waals surface area (Å²) in [6, 6.07) is 21.0. The third kappa shape index (κ3) is 4.33. The number of nitrogens with two attached hydrogens (primary N) is 1. The Kier molecular flexibility index (Phi) is 5.79. The summed E-state index contributed by atoms with van der Waals surface area (Å²) in [7, 11) is 0. The molecular weight excluding hydrogens is 469 g/mol. The number of nitrogen functional groups attached to an aromatic ring is 1. The van der Waals surface area contributed by atoms with Crippen LogP contribution in [0.3, 0.4) is 0 Å². The minimum absolute atomic E-state index is 0.106. The van der Waals surface area contributed by atoms with Gasteiger partial charge in [0.25, 0.3) is 0 Å². The lowest BCUT2D eigenvalue weighted by Crippen LogP contribution is -2.24. The number of fused-ring (bicyclic) bond motifs is 1. The Morgan fingerprint density at radius 2 is 1.58 bits per heavy atom. The van der Waals surface area contributed by atoms with Gasteiger partial charge in [0.1, 0.15) is 5.69 Å². The van der Waals surface area contributed by atoms with Gasteiger partial charge in [-0.05, 0) is 36.6 Å². The van der Waals surface area contributed by atoms with E-state index < -0.39 is 17.6 Å². The lowest BCUT2D eigenvalue weighted by Gasteiger charge is -2.14. The van der Waals surface area contributed by atoms with Gasteiger partial charge in [-0.15, -0.1) is 5.10 Å². The second-order valence-electron chi connectivity index (χ2n) is 8.34. The molecule has 0 aliphatic carbocycles. The maximum absolute atomic E-state index is 13.6. The first-order valence-electron chi connectivity index (χ1n) is 11.2. The van der Waals surface area contributed by atoms with E-state index >= 15 is 0 Å². The molecule has 0 unspecified atom stereocenters. The maximum Gasteiger partial charge on any atom is 0.433 e. The highest BCUT2D eigenvalue weighted by Gasteiger charge is 2.34. The smallest absolute Gasteiger partial charge is 0.369 e. The van der Waals surface area contributed by atoms with Crippen molar-refractivity contribution in [1.29, 1.82) is 0 Å². The molecule has 5 aromatic rings. The monoisotopic (exact) mass is 490 g/mol. The number of benzene rings is 2. The van der Waals surface area contributed by atoms with Crippen molar-refractivity contribution in [1.82, 2.24) is 24.1 Å². The lowest BCUT2D eigenvalue weighted by molar-refractivity contribution is -0.141. The molecule has 0 aliphatic rings. The normalized spacial score (nSPS) is 11.8. The summed E-state index contributed by atoms with van der Waals surface area (Å²) < 4.78 is 43.3. The summed E-state index contributed by atoms with van der Waals surface area (Å²) >= 11 is 0. The van der Waals surface area contributed by atoms with Gasteiger partial charge in [0.05, 0.1) is 17.8 Å². The fraction of sp³-hybridized carbons (Fsp3) is 0.154. The number of alkyl halides is 3. The number of aromatic nitrogens is 5. The molecule has 0 amide bonds. The second-order valence-corrected chi connectivity index (χ2v) is 8.34. The molecule has 0 spiro atoms. The van der Waals surface area contributed by atoms with Crippen LogP contribution in [0.2, 0.25) is 0 Å². The van der Waals surface area contributed by atoms with E-state index in [1.165, 1.54) is 17.7 Å². The van der Waals surface area contributed by atoms with Crippen LogP contribution in [0, 0.1) is 6.92 Å². The van der Waals surface area contributed by atoms with E-state index in [0.717, 1.165) is 16.0 Å². The van der Waals surface area contributed by atoms with Gasteiger partial charge >= 0.3 is 11.9 Å². The summed E-state index contributed by atoms with van der Waals surface area (Å²) in [6.45, 7) is 1.74. The van der Waals surface area contributed by atoms with Crippen LogP contribution in [0.25, 0.3) is 28.0 Å². The molecule has 36 heavy (non-hydrogen) atoms. The summed E-state index contributed by atoms with van der Waals surface area (Å²) in [5.41, 5.74) is 7.33. The molecule has 5 rings (SSSR count). The molecule has 0 saturated carbocycles. The molecule has 3 aromatic heterocycles. The number of aryl methyl sites for hydroxylation is 3.